The van der Waals surface area contributed by atoms with Crippen LogP contribution in [0.2, 0.25) is 0 Å². The molecule has 0 amide bonds. The van der Waals surface area contributed by atoms with E-state index in [-0.39, 0.29) is 0 Å². The lowest BCUT2D eigenvalue weighted by molar-refractivity contribution is 0.319. The molecular formula is C15H22. The van der Waals surface area contributed by atoms with Crippen molar-refractivity contribution >= 4 is 0 Å². The highest BCUT2D eigenvalue weighted by atomic mass is 14.4. The van der Waals surface area contributed by atoms with E-state index < -0.39 is 0 Å². The van der Waals surface area contributed by atoms with Crippen molar-refractivity contribution < 1.29 is 0 Å². The van der Waals surface area contributed by atoms with Crippen LogP contribution in [0.25, 0.3) is 0 Å². The average Bonchev–Trinajstić information content (AvgIpc) is 2.17. The molecule has 3 atom stereocenters. The maximum atomic E-state index is 2.45. The van der Waals surface area contributed by atoms with Gasteiger partial charge < -0.3 is 0 Å². The largest absolute Gasteiger partial charge is 0.0840 e. The number of rotatable bonds is 1. The third-order valence-electron chi connectivity index (χ3n) is 3.91. The van der Waals surface area contributed by atoms with Crippen LogP contribution in [0.15, 0.2) is 35.5 Å². The van der Waals surface area contributed by atoms with Gasteiger partial charge in [-0.1, -0.05) is 56.2 Å². The molecule has 2 rings (SSSR count). The van der Waals surface area contributed by atoms with Crippen LogP contribution in [0.1, 0.15) is 34.1 Å². The molecule has 0 aromatic heterocycles. The fourth-order valence-corrected chi connectivity index (χ4v) is 2.97. The molecule has 0 fully saturated rings. The number of hydrogen-bond donors (Lipinski definition) is 0. The van der Waals surface area contributed by atoms with Crippen molar-refractivity contribution in [2.24, 2.45) is 23.7 Å². The molecule has 1 unspecified atom stereocenters. The second kappa shape index (κ2) is 4.00. The summed E-state index contributed by atoms with van der Waals surface area (Å²) in [5, 5.41) is 0. The molecule has 15 heavy (non-hydrogen) atoms. The number of hydrogen-bond acceptors (Lipinski definition) is 0. The van der Waals surface area contributed by atoms with Crippen LogP contribution in [-0.4, -0.2) is 0 Å². The Bertz CT molecular complexity index is 328. The summed E-state index contributed by atoms with van der Waals surface area (Å²) in [4.78, 5) is 0. The molecule has 0 aliphatic heterocycles. The van der Waals surface area contributed by atoms with Crippen LogP contribution in [0.3, 0.4) is 0 Å². The van der Waals surface area contributed by atoms with Crippen LogP contribution in [0.4, 0.5) is 0 Å². The van der Waals surface area contributed by atoms with Gasteiger partial charge in [-0.15, -0.1) is 0 Å². The van der Waals surface area contributed by atoms with Crippen molar-refractivity contribution in [1.82, 2.24) is 0 Å². The van der Waals surface area contributed by atoms with Crippen LogP contribution in [0, 0.1) is 23.7 Å². The van der Waals surface area contributed by atoms with E-state index in [1.807, 2.05) is 0 Å². The van der Waals surface area contributed by atoms with Gasteiger partial charge in [0, 0.05) is 0 Å². The summed E-state index contributed by atoms with van der Waals surface area (Å²) < 4.78 is 0. The highest BCUT2D eigenvalue weighted by molar-refractivity contribution is 5.33. The van der Waals surface area contributed by atoms with E-state index in [2.05, 4.69) is 52.0 Å². The Balaban J connectivity index is 2.33. The third-order valence-corrected chi connectivity index (χ3v) is 3.91. The molecule has 0 bridgehead atoms. The monoisotopic (exact) mass is 202 g/mol. The highest BCUT2D eigenvalue weighted by Crippen LogP contribution is 2.42. The van der Waals surface area contributed by atoms with Crippen LogP contribution in [0.5, 0.6) is 0 Å². The number of allylic oxidation sites excluding steroid dienone is 6. The molecule has 0 saturated carbocycles. The van der Waals surface area contributed by atoms with Gasteiger partial charge in [0.2, 0.25) is 0 Å². The summed E-state index contributed by atoms with van der Waals surface area (Å²) in [6.07, 6.45) is 10.8. The Kier molecular flexibility index (Phi) is 2.86. The first kappa shape index (κ1) is 10.7. The zero-order valence-electron chi connectivity index (χ0n) is 10.3. The van der Waals surface area contributed by atoms with Gasteiger partial charge in [0.1, 0.15) is 0 Å². The van der Waals surface area contributed by atoms with E-state index in [4.69, 9.17) is 0 Å². The molecule has 82 valence electrons. The average molecular weight is 202 g/mol. The first-order chi connectivity index (χ1) is 7.09. The van der Waals surface area contributed by atoms with Gasteiger partial charge in [-0.2, -0.15) is 0 Å². The van der Waals surface area contributed by atoms with Crippen molar-refractivity contribution in [1.29, 1.82) is 0 Å². The van der Waals surface area contributed by atoms with E-state index in [1.54, 1.807) is 5.57 Å². The maximum absolute atomic E-state index is 2.45. The van der Waals surface area contributed by atoms with Crippen LogP contribution >= 0.6 is 0 Å². The van der Waals surface area contributed by atoms with Crippen LogP contribution in [-0.2, 0) is 0 Å². The van der Waals surface area contributed by atoms with E-state index in [9.17, 15) is 0 Å². The predicted molar refractivity (Wildman–Crippen MR) is 66.6 cm³/mol. The van der Waals surface area contributed by atoms with E-state index in [1.165, 1.54) is 12.0 Å². The molecule has 0 nitrogen and oxygen atoms in total. The van der Waals surface area contributed by atoms with Crippen molar-refractivity contribution in [3.8, 4) is 0 Å². The van der Waals surface area contributed by atoms with Gasteiger partial charge in [-0.3, -0.25) is 0 Å². The van der Waals surface area contributed by atoms with E-state index in [0.29, 0.717) is 5.92 Å². The van der Waals surface area contributed by atoms with Crippen molar-refractivity contribution in [3.05, 3.63) is 35.5 Å². The zero-order valence-corrected chi connectivity index (χ0v) is 10.3. The van der Waals surface area contributed by atoms with Crippen molar-refractivity contribution in [2.45, 2.75) is 34.1 Å². The topological polar surface area (TPSA) is 0 Å². The SMILES string of the molecule is CC1=CC=C2C(C1)[C@@H](C(C)C)C=C[C@@H]2C. The van der Waals surface area contributed by atoms with Crippen molar-refractivity contribution in [2.75, 3.05) is 0 Å². The molecule has 0 heterocycles. The standard InChI is InChI=1S/C15H22/c1-10(2)13-8-6-12(4)14-7-5-11(3)9-15(13)14/h5-8,10,12-13,15H,9H2,1-4H3/t12-,13+,15?/m0/s1. The highest BCUT2D eigenvalue weighted by Gasteiger charge is 2.31. The quantitative estimate of drug-likeness (QED) is 0.554. The van der Waals surface area contributed by atoms with E-state index >= 15 is 0 Å². The van der Waals surface area contributed by atoms with Gasteiger partial charge in [0.25, 0.3) is 0 Å². The van der Waals surface area contributed by atoms with Gasteiger partial charge >= 0.3 is 0 Å². The second-order valence-electron chi connectivity index (χ2n) is 5.49. The summed E-state index contributed by atoms with van der Waals surface area (Å²) in [5.74, 6) is 2.92. The molecule has 0 aromatic rings. The molecule has 0 saturated heterocycles. The summed E-state index contributed by atoms with van der Waals surface area (Å²) >= 11 is 0. The molecule has 0 aromatic carbocycles. The molecule has 0 heteroatoms. The lowest BCUT2D eigenvalue weighted by atomic mass is 9.67. The maximum Gasteiger partial charge on any atom is -0.00453 e. The Hall–Kier alpha value is -0.780. The van der Waals surface area contributed by atoms with Gasteiger partial charge in [-0.05, 0) is 37.0 Å². The summed E-state index contributed by atoms with van der Waals surface area (Å²) in [7, 11) is 0. The Morgan fingerprint density at radius 1 is 1.20 bits per heavy atom. The molecule has 0 spiro atoms. The summed E-state index contributed by atoms with van der Waals surface area (Å²) in [6.45, 7) is 9.26. The smallest absolute Gasteiger partial charge is 0.00453 e. The van der Waals surface area contributed by atoms with Crippen LogP contribution < -0.4 is 0 Å². The molecule has 0 N–H and O–H groups in total. The van der Waals surface area contributed by atoms with Gasteiger partial charge in [-0.25, -0.2) is 0 Å². The summed E-state index contributed by atoms with van der Waals surface area (Å²) in [5.41, 5.74) is 3.19. The summed E-state index contributed by atoms with van der Waals surface area (Å²) in [6, 6.07) is 0. The van der Waals surface area contributed by atoms with Crippen molar-refractivity contribution in [3.63, 3.8) is 0 Å². The molecule has 2 aliphatic carbocycles. The third kappa shape index (κ3) is 1.95. The molecule has 2 aliphatic rings. The fourth-order valence-electron chi connectivity index (χ4n) is 2.97. The van der Waals surface area contributed by atoms with Gasteiger partial charge in [0.05, 0.1) is 0 Å². The Labute approximate surface area is 93.8 Å². The predicted octanol–water partition coefficient (Wildman–Crippen LogP) is 4.36. The minimum atomic E-state index is 0.648. The lowest BCUT2D eigenvalue weighted by Crippen LogP contribution is -2.27. The minimum Gasteiger partial charge on any atom is -0.0840 e. The number of fused-ring (bicyclic) bond motifs is 1. The second-order valence-corrected chi connectivity index (χ2v) is 5.49. The van der Waals surface area contributed by atoms with Gasteiger partial charge in [0.15, 0.2) is 0 Å². The lowest BCUT2D eigenvalue weighted by Gasteiger charge is -2.37. The molecular weight excluding hydrogens is 180 g/mol. The first-order valence-electron chi connectivity index (χ1n) is 6.15. The molecule has 0 radical (unpaired) electrons. The zero-order chi connectivity index (χ0) is 11.0. The fraction of sp³-hybridized carbons (Fsp3) is 0.600. The normalized spacial score (nSPS) is 34.9. The Morgan fingerprint density at radius 3 is 2.60 bits per heavy atom. The van der Waals surface area contributed by atoms with E-state index in [0.717, 1.165) is 17.8 Å². The Morgan fingerprint density at radius 2 is 1.93 bits per heavy atom. The first-order valence-corrected chi connectivity index (χ1v) is 6.15. The minimum absolute atomic E-state index is 0.648.